The first-order chi connectivity index (χ1) is 12.2. The smallest absolute Gasteiger partial charge is 0.408 e. The standard InChI is InChI=1S/C17H13FN4O2S/c18-12-6-2-1-5-11(12)15-19-16(21-20-15)25-10-9-22-13-7-3-4-8-14(13)24-17(22)23/h1-8H,9-10H2,(H,19,20,21). The molecule has 0 aliphatic carbocycles. The normalized spacial score (nSPS) is 11.2. The zero-order chi connectivity index (χ0) is 17.2. The lowest BCUT2D eigenvalue weighted by atomic mass is 10.2. The fraction of sp³-hybridized carbons (Fsp3) is 0.118. The molecule has 0 unspecified atom stereocenters. The Kier molecular flexibility index (Phi) is 4.10. The van der Waals surface area contributed by atoms with Gasteiger partial charge in [0, 0.05) is 12.3 Å². The van der Waals surface area contributed by atoms with E-state index in [4.69, 9.17) is 4.42 Å². The third-order valence-corrected chi connectivity index (χ3v) is 4.54. The van der Waals surface area contributed by atoms with Crippen LogP contribution < -0.4 is 5.76 Å². The van der Waals surface area contributed by atoms with Crippen LogP contribution >= 0.6 is 11.8 Å². The van der Waals surface area contributed by atoms with Gasteiger partial charge in [0.1, 0.15) is 5.82 Å². The van der Waals surface area contributed by atoms with Crippen LogP contribution in [0.4, 0.5) is 4.39 Å². The molecule has 0 bridgehead atoms. The number of benzene rings is 2. The molecule has 0 saturated carbocycles. The van der Waals surface area contributed by atoms with E-state index in [-0.39, 0.29) is 11.6 Å². The number of oxazole rings is 1. The molecule has 0 aliphatic heterocycles. The minimum absolute atomic E-state index is 0.355. The van der Waals surface area contributed by atoms with Crippen LogP contribution in [0.25, 0.3) is 22.5 Å². The molecule has 6 nitrogen and oxygen atoms in total. The van der Waals surface area contributed by atoms with E-state index < -0.39 is 0 Å². The van der Waals surface area contributed by atoms with E-state index in [1.807, 2.05) is 18.2 Å². The molecule has 0 fully saturated rings. The fourth-order valence-corrected chi connectivity index (χ4v) is 3.26. The molecule has 8 heteroatoms. The highest BCUT2D eigenvalue weighted by Crippen LogP contribution is 2.22. The van der Waals surface area contributed by atoms with Gasteiger partial charge in [-0.15, -0.1) is 5.10 Å². The molecular weight excluding hydrogens is 343 g/mol. The van der Waals surface area contributed by atoms with E-state index in [0.29, 0.717) is 34.4 Å². The van der Waals surface area contributed by atoms with Gasteiger partial charge in [0.2, 0.25) is 5.16 Å². The molecule has 2 aromatic heterocycles. The van der Waals surface area contributed by atoms with Crippen molar-refractivity contribution >= 4 is 22.9 Å². The van der Waals surface area contributed by atoms with Gasteiger partial charge in [0.15, 0.2) is 11.4 Å². The summed E-state index contributed by atoms with van der Waals surface area (Å²) in [5, 5.41) is 7.32. The second kappa shape index (κ2) is 6.56. The van der Waals surface area contributed by atoms with E-state index in [2.05, 4.69) is 15.2 Å². The van der Waals surface area contributed by atoms with Crippen molar-refractivity contribution in [3.63, 3.8) is 0 Å². The molecule has 0 saturated heterocycles. The van der Waals surface area contributed by atoms with Gasteiger partial charge in [-0.05, 0) is 24.3 Å². The van der Waals surface area contributed by atoms with Crippen LogP contribution in [0.3, 0.4) is 0 Å². The highest BCUT2D eigenvalue weighted by atomic mass is 32.2. The van der Waals surface area contributed by atoms with Crippen LogP contribution in [0, 0.1) is 5.82 Å². The van der Waals surface area contributed by atoms with Crippen LogP contribution in [-0.4, -0.2) is 25.5 Å². The third kappa shape index (κ3) is 3.08. The number of aromatic amines is 1. The van der Waals surface area contributed by atoms with Crippen LogP contribution in [0.15, 0.2) is 62.9 Å². The predicted molar refractivity (Wildman–Crippen MR) is 93.0 cm³/mol. The molecule has 2 aromatic carbocycles. The molecule has 4 rings (SSSR count). The number of aromatic nitrogens is 4. The number of nitrogens with zero attached hydrogens (tertiary/aromatic N) is 3. The number of H-pyrrole nitrogens is 1. The average molecular weight is 356 g/mol. The second-order valence-electron chi connectivity index (χ2n) is 5.28. The molecule has 25 heavy (non-hydrogen) atoms. The zero-order valence-corrected chi connectivity index (χ0v) is 13.8. The number of hydrogen-bond donors (Lipinski definition) is 1. The monoisotopic (exact) mass is 356 g/mol. The van der Waals surface area contributed by atoms with Crippen LogP contribution in [0.2, 0.25) is 0 Å². The summed E-state index contributed by atoms with van der Waals surface area (Å²) < 4.78 is 20.5. The topological polar surface area (TPSA) is 76.7 Å². The summed E-state index contributed by atoms with van der Waals surface area (Å²) >= 11 is 1.38. The summed E-state index contributed by atoms with van der Waals surface area (Å²) in [5.41, 5.74) is 1.70. The van der Waals surface area contributed by atoms with Crippen molar-refractivity contribution < 1.29 is 8.81 Å². The SMILES string of the molecule is O=c1oc2ccccc2n1CCSc1n[nH]c(-c2ccccc2F)n1. The average Bonchev–Trinajstić information content (AvgIpc) is 3.20. The number of hydrogen-bond acceptors (Lipinski definition) is 5. The van der Waals surface area contributed by atoms with E-state index in [1.54, 1.807) is 28.8 Å². The maximum absolute atomic E-state index is 13.8. The van der Waals surface area contributed by atoms with E-state index in [0.717, 1.165) is 5.52 Å². The highest BCUT2D eigenvalue weighted by molar-refractivity contribution is 7.99. The zero-order valence-electron chi connectivity index (χ0n) is 13.0. The second-order valence-corrected chi connectivity index (χ2v) is 6.34. The Morgan fingerprint density at radius 3 is 2.84 bits per heavy atom. The fourth-order valence-electron chi connectivity index (χ4n) is 2.54. The van der Waals surface area contributed by atoms with Gasteiger partial charge in [-0.25, -0.2) is 14.2 Å². The first kappa shape index (κ1) is 15.6. The van der Waals surface area contributed by atoms with E-state index in [1.165, 1.54) is 17.8 Å². The van der Waals surface area contributed by atoms with Crippen molar-refractivity contribution in [2.24, 2.45) is 0 Å². The molecule has 126 valence electrons. The Morgan fingerprint density at radius 1 is 1.16 bits per heavy atom. The quantitative estimate of drug-likeness (QED) is 0.555. The van der Waals surface area contributed by atoms with Crippen molar-refractivity contribution in [3.05, 3.63) is 64.9 Å². The minimum Gasteiger partial charge on any atom is -0.408 e. The van der Waals surface area contributed by atoms with Gasteiger partial charge in [0.05, 0.1) is 11.1 Å². The van der Waals surface area contributed by atoms with Gasteiger partial charge in [0.25, 0.3) is 0 Å². The summed E-state index contributed by atoms with van der Waals surface area (Å²) in [6, 6.07) is 13.7. The summed E-state index contributed by atoms with van der Waals surface area (Å²) in [6.07, 6.45) is 0. The van der Waals surface area contributed by atoms with E-state index >= 15 is 0 Å². The maximum atomic E-state index is 13.8. The molecule has 0 amide bonds. The number of thioether (sulfide) groups is 1. The molecule has 0 spiro atoms. The number of halogens is 1. The largest absolute Gasteiger partial charge is 0.419 e. The summed E-state index contributed by atoms with van der Waals surface area (Å²) in [6.45, 7) is 0.462. The minimum atomic E-state index is -0.385. The van der Waals surface area contributed by atoms with Crippen LogP contribution in [0.1, 0.15) is 0 Å². The maximum Gasteiger partial charge on any atom is 0.419 e. The molecule has 1 N–H and O–H groups in total. The molecular formula is C17H13FN4O2S. The van der Waals surface area contributed by atoms with Crippen LogP contribution in [-0.2, 0) is 6.54 Å². The van der Waals surface area contributed by atoms with Gasteiger partial charge < -0.3 is 4.42 Å². The number of nitrogens with one attached hydrogen (secondary N) is 1. The van der Waals surface area contributed by atoms with Crippen LogP contribution in [0.5, 0.6) is 0 Å². The lowest BCUT2D eigenvalue weighted by molar-refractivity contribution is 0.514. The Hall–Kier alpha value is -2.87. The Labute approximate surface area is 145 Å². The molecule has 2 heterocycles. The highest BCUT2D eigenvalue weighted by Gasteiger charge is 2.11. The Balaban J connectivity index is 1.47. The summed E-state index contributed by atoms with van der Waals surface area (Å²) in [4.78, 5) is 16.2. The van der Waals surface area contributed by atoms with Gasteiger partial charge >= 0.3 is 5.76 Å². The first-order valence-electron chi connectivity index (χ1n) is 7.61. The number of para-hydroxylation sites is 2. The predicted octanol–water partition coefficient (Wildman–Crippen LogP) is 3.31. The van der Waals surface area contributed by atoms with Crippen molar-refractivity contribution in [3.8, 4) is 11.4 Å². The molecule has 0 aliphatic rings. The van der Waals surface area contributed by atoms with E-state index in [9.17, 15) is 9.18 Å². The number of aryl methyl sites for hydroxylation is 1. The summed E-state index contributed by atoms with van der Waals surface area (Å²) in [7, 11) is 0. The number of fused-ring (bicyclic) bond motifs is 1. The number of rotatable bonds is 5. The van der Waals surface area contributed by atoms with Crippen molar-refractivity contribution in [1.29, 1.82) is 0 Å². The molecule has 4 aromatic rings. The molecule has 0 atom stereocenters. The Morgan fingerprint density at radius 2 is 1.96 bits per heavy atom. The lowest BCUT2D eigenvalue weighted by Gasteiger charge is -2.00. The van der Waals surface area contributed by atoms with Crippen molar-refractivity contribution in [2.75, 3.05) is 5.75 Å². The first-order valence-corrected chi connectivity index (χ1v) is 8.59. The third-order valence-electron chi connectivity index (χ3n) is 3.71. The Bertz CT molecular complexity index is 1090. The van der Waals surface area contributed by atoms with Crippen molar-refractivity contribution in [2.45, 2.75) is 11.7 Å². The van der Waals surface area contributed by atoms with Gasteiger partial charge in [-0.1, -0.05) is 36.0 Å². The van der Waals surface area contributed by atoms with Gasteiger partial charge in [-0.3, -0.25) is 9.67 Å². The lowest BCUT2D eigenvalue weighted by Crippen LogP contribution is -2.15. The molecule has 0 radical (unpaired) electrons. The summed E-state index contributed by atoms with van der Waals surface area (Å²) in [5.74, 6) is 0.222. The van der Waals surface area contributed by atoms with Crippen molar-refractivity contribution in [1.82, 2.24) is 19.7 Å². The van der Waals surface area contributed by atoms with Gasteiger partial charge in [-0.2, -0.15) is 0 Å².